The molecule has 0 aliphatic rings. The molecule has 0 aromatic carbocycles. The second-order valence-corrected chi connectivity index (χ2v) is 2.96. The Hall–Kier alpha value is 0.590. The van der Waals surface area contributed by atoms with E-state index in [0.717, 1.165) is 15.6 Å². The molecule has 1 heterocycles. The summed E-state index contributed by atoms with van der Waals surface area (Å²) in [6, 6.07) is 5.85. The summed E-state index contributed by atoms with van der Waals surface area (Å²) >= 11 is 6.58. The van der Waals surface area contributed by atoms with Gasteiger partial charge in [-0.15, -0.1) is 17.0 Å². The molecule has 56 valence electrons. The van der Waals surface area contributed by atoms with Crippen molar-refractivity contribution >= 4 is 48.8 Å². The van der Waals surface area contributed by atoms with Crippen LogP contribution in [0.25, 0.3) is 0 Å². The lowest BCUT2D eigenvalue weighted by Crippen LogP contribution is -1.82. The fourth-order valence-electron chi connectivity index (χ4n) is 0.525. The molecule has 0 N–H and O–H groups in total. The molecule has 0 amide bonds. The number of hydrogen-bond acceptors (Lipinski definition) is 1. The lowest BCUT2D eigenvalue weighted by Gasteiger charge is -1.92. The van der Waals surface area contributed by atoms with Crippen molar-refractivity contribution in [2.75, 3.05) is 0 Å². The summed E-state index contributed by atoms with van der Waals surface area (Å²) in [4.78, 5) is 4.16. The predicted molar refractivity (Wildman–Crippen MR) is 54.9 cm³/mol. The quantitative estimate of drug-likeness (QED) is 0.568. The fraction of sp³-hybridized carbons (Fsp3) is 0.167. The zero-order valence-corrected chi connectivity index (χ0v) is 9.94. The molecule has 1 rings (SSSR count). The first-order valence-corrected chi connectivity index (χ1v) is 4.42. The summed E-state index contributed by atoms with van der Waals surface area (Å²) in [6.45, 7) is 0. The maximum absolute atomic E-state index is 4.16. The van der Waals surface area contributed by atoms with E-state index in [2.05, 4.69) is 36.8 Å². The highest BCUT2D eigenvalue weighted by Gasteiger charge is 1.89. The van der Waals surface area contributed by atoms with Crippen LogP contribution in [0.2, 0.25) is 0 Å². The number of nitrogens with zero attached hydrogens (tertiary/aromatic N) is 1. The first-order chi connectivity index (χ1) is 4.33. The predicted octanol–water partition coefficient (Wildman–Crippen LogP) is 3.32. The Morgan fingerprint density at radius 1 is 1.40 bits per heavy atom. The second-order valence-electron chi connectivity index (χ2n) is 1.59. The summed E-state index contributed by atoms with van der Waals surface area (Å²) < 4.78 is 0.888. The van der Waals surface area contributed by atoms with Crippen molar-refractivity contribution in [3.8, 4) is 0 Å². The van der Waals surface area contributed by atoms with Crippen LogP contribution in [0, 0.1) is 0 Å². The van der Waals surface area contributed by atoms with Gasteiger partial charge in [0.25, 0.3) is 0 Å². The molecular weight excluding hydrogens is 326 g/mol. The lowest BCUT2D eigenvalue weighted by atomic mass is 10.4. The minimum Gasteiger partial charge on any atom is -0.245 e. The standard InChI is InChI=1S/C6H5Br2N.BrH/c7-4-5-2-1-3-6(8)9-5;/h1-3H,4H2;1H. The molecule has 0 saturated heterocycles. The van der Waals surface area contributed by atoms with Crippen molar-refractivity contribution in [2.45, 2.75) is 5.33 Å². The van der Waals surface area contributed by atoms with Crippen LogP contribution >= 0.6 is 48.8 Å². The zero-order chi connectivity index (χ0) is 6.69. The number of pyridine rings is 1. The Bertz CT molecular complexity index is 202. The highest BCUT2D eigenvalue weighted by molar-refractivity contribution is 9.10. The summed E-state index contributed by atoms with van der Waals surface area (Å²) in [5.74, 6) is 0. The number of rotatable bonds is 1. The average molecular weight is 332 g/mol. The van der Waals surface area contributed by atoms with Crippen LogP contribution in [0.5, 0.6) is 0 Å². The van der Waals surface area contributed by atoms with E-state index in [4.69, 9.17) is 0 Å². The minimum absolute atomic E-state index is 0. The van der Waals surface area contributed by atoms with Crippen LogP contribution in [0.15, 0.2) is 22.8 Å². The van der Waals surface area contributed by atoms with E-state index >= 15 is 0 Å². The van der Waals surface area contributed by atoms with Gasteiger partial charge in [-0.2, -0.15) is 0 Å². The van der Waals surface area contributed by atoms with E-state index in [1.165, 1.54) is 0 Å². The van der Waals surface area contributed by atoms with Crippen molar-refractivity contribution in [1.29, 1.82) is 0 Å². The third kappa shape index (κ3) is 3.12. The summed E-state index contributed by atoms with van der Waals surface area (Å²) in [6.07, 6.45) is 0. The number of alkyl halides is 1. The van der Waals surface area contributed by atoms with Crippen LogP contribution in [0.4, 0.5) is 0 Å². The largest absolute Gasteiger partial charge is 0.245 e. The van der Waals surface area contributed by atoms with E-state index in [9.17, 15) is 0 Å². The average Bonchev–Trinajstić information content (AvgIpc) is 1.88. The van der Waals surface area contributed by atoms with Gasteiger partial charge in [0.05, 0.1) is 5.69 Å². The number of hydrogen-bond donors (Lipinski definition) is 0. The van der Waals surface area contributed by atoms with Crippen LogP contribution in [-0.2, 0) is 5.33 Å². The number of aromatic nitrogens is 1. The molecule has 0 unspecified atom stereocenters. The summed E-state index contributed by atoms with van der Waals surface area (Å²) in [5, 5.41) is 0.812. The molecule has 10 heavy (non-hydrogen) atoms. The zero-order valence-electron chi connectivity index (χ0n) is 5.05. The third-order valence-electron chi connectivity index (χ3n) is 0.910. The van der Waals surface area contributed by atoms with E-state index in [1.54, 1.807) is 0 Å². The van der Waals surface area contributed by atoms with Crippen LogP contribution in [0.1, 0.15) is 5.69 Å². The smallest absolute Gasteiger partial charge is 0.106 e. The van der Waals surface area contributed by atoms with Gasteiger partial charge in [0.15, 0.2) is 0 Å². The van der Waals surface area contributed by atoms with E-state index in [0.29, 0.717) is 0 Å². The third-order valence-corrected chi connectivity index (χ3v) is 1.93. The minimum atomic E-state index is 0. The first-order valence-electron chi connectivity index (χ1n) is 2.50. The molecule has 1 aromatic heterocycles. The summed E-state index contributed by atoms with van der Waals surface area (Å²) in [7, 11) is 0. The summed E-state index contributed by atoms with van der Waals surface area (Å²) in [5.41, 5.74) is 1.05. The molecular formula is C6H6Br3N. The molecule has 0 aliphatic carbocycles. The maximum Gasteiger partial charge on any atom is 0.106 e. The highest BCUT2D eigenvalue weighted by Crippen LogP contribution is 2.08. The van der Waals surface area contributed by atoms with Gasteiger partial charge in [0.1, 0.15) is 4.60 Å². The molecule has 0 bridgehead atoms. The van der Waals surface area contributed by atoms with E-state index in [1.807, 2.05) is 18.2 Å². The molecule has 0 fully saturated rings. The Morgan fingerprint density at radius 3 is 2.50 bits per heavy atom. The van der Waals surface area contributed by atoms with Crippen molar-refractivity contribution in [3.05, 3.63) is 28.5 Å². The van der Waals surface area contributed by atoms with Crippen LogP contribution < -0.4 is 0 Å². The molecule has 0 atom stereocenters. The van der Waals surface area contributed by atoms with Crippen LogP contribution in [0.3, 0.4) is 0 Å². The monoisotopic (exact) mass is 329 g/mol. The van der Waals surface area contributed by atoms with Crippen molar-refractivity contribution in [3.63, 3.8) is 0 Å². The Balaban J connectivity index is 0.000000810. The van der Waals surface area contributed by atoms with Gasteiger partial charge in [-0.1, -0.05) is 22.0 Å². The Labute approximate surface area is 87.3 Å². The Kier molecular flexibility index (Phi) is 5.58. The molecule has 4 heteroatoms. The number of halogens is 3. The highest BCUT2D eigenvalue weighted by atomic mass is 79.9. The lowest BCUT2D eigenvalue weighted by molar-refractivity contribution is 1.15. The van der Waals surface area contributed by atoms with Crippen LogP contribution in [-0.4, -0.2) is 4.98 Å². The normalized spacial score (nSPS) is 8.60. The topological polar surface area (TPSA) is 12.9 Å². The van der Waals surface area contributed by atoms with E-state index < -0.39 is 0 Å². The van der Waals surface area contributed by atoms with Gasteiger partial charge in [0, 0.05) is 5.33 Å². The van der Waals surface area contributed by atoms with Gasteiger partial charge in [0.2, 0.25) is 0 Å². The van der Waals surface area contributed by atoms with Gasteiger partial charge in [-0.25, -0.2) is 4.98 Å². The van der Waals surface area contributed by atoms with Gasteiger partial charge < -0.3 is 0 Å². The molecule has 0 radical (unpaired) electrons. The first kappa shape index (κ1) is 10.6. The molecule has 0 spiro atoms. The SMILES string of the molecule is Br.BrCc1cccc(Br)n1. The van der Waals surface area contributed by atoms with Crippen molar-refractivity contribution in [2.24, 2.45) is 0 Å². The van der Waals surface area contributed by atoms with E-state index in [-0.39, 0.29) is 17.0 Å². The molecule has 0 aliphatic heterocycles. The van der Waals surface area contributed by atoms with Gasteiger partial charge in [-0.3, -0.25) is 0 Å². The molecule has 1 aromatic rings. The van der Waals surface area contributed by atoms with Gasteiger partial charge in [-0.05, 0) is 28.1 Å². The van der Waals surface area contributed by atoms with Crippen molar-refractivity contribution < 1.29 is 0 Å². The second kappa shape index (κ2) is 5.27. The van der Waals surface area contributed by atoms with Crippen molar-refractivity contribution in [1.82, 2.24) is 4.98 Å². The molecule has 0 saturated carbocycles. The van der Waals surface area contributed by atoms with Gasteiger partial charge >= 0.3 is 0 Å². The Morgan fingerprint density at radius 2 is 2.10 bits per heavy atom. The fourth-order valence-corrected chi connectivity index (χ4v) is 1.22. The molecule has 1 nitrogen and oxygen atoms in total. The maximum atomic E-state index is 4.16.